The highest BCUT2D eigenvalue weighted by atomic mass is 32.2. The molecule has 1 aromatic rings. The predicted octanol–water partition coefficient (Wildman–Crippen LogP) is 2.20. The zero-order valence-corrected chi connectivity index (χ0v) is 10.1. The molecule has 2 N–H and O–H groups in total. The van der Waals surface area contributed by atoms with Crippen LogP contribution in [0.3, 0.4) is 0 Å². The summed E-state index contributed by atoms with van der Waals surface area (Å²) in [4.78, 5) is 12.1. The van der Waals surface area contributed by atoms with Crippen LogP contribution in [0.1, 0.15) is 12.5 Å². The Bertz CT molecular complexity index is 488. The third-order valence-corrected chi connectivity index (χ3v) is 3.62. The minimum Gasteiger partial charge on any atom is -0.378 e. The van der Waals surface area contributed by atoms with Crippen LogP contribution in [0, 0.1) is 0 Å². The number of thioether (sulfide) groups is 1. The lowest BCUT2D eigenvalue weighted by molar-refractivity contribution is -0.188. The van der Waals surface area contributed by atoms with E-state index in [0.717, 1.165) is 11.8 Å². The summed E-state index contributed by atoms with van der Waals surface area (Å²) in [6.45, 7) is 0.948. The SMILES string of the molecule is CSc1ccc2c(c1)NC(=O)C(F)(F)C2(C)O. The molecule has 1 aliphatic rings. The zero-order chi connectivity index (χ0) is 12.8. The minimum atomic E-state index is -3.83. The van der Waals surface area contributed by atoms with Crippen molar-refractivity contribution < 1.29 is 18.7 Å². The van der Waals surface area contributed by atoms with Gasteiger partial charge >= 0.3 is 5.92 Å². The summed E-state index contributed by atoms with van der Waals surface area (Å²) in [5, 5.41) is 12.0. The predicted molar refractivity (Wildman–Crippen MR) is 61.4 cm³/mol. The summed E-state index contributed by atoms with van der Waals surface area (Å²) < 4.78 is 27.1. The quantitative estimate of drug-likeness (QED) is 0.760. The summed E-state index contributed by atoms with van der Waals surface area (Å²) in [5.41, 5.74) is -2.22. The summed E-state index contributed by atoms with van der Waals surface area (Å²) in [5.74, 6) is -5.31. The smallest absolute Gasteiger partial charge is 0.356 e. The van der Waals surface area contributed by atoms with E-state index in [9.17, 15) is 18.7 Å². The second-order valence-corrected chi connectivity index (χ2v) is 4.89. The fourth-order valence-electron chi connectivity index (χ4n) is 1.77. The lowest BCUT2D eigenvalue weighted by atomic mass is 9.84. The van der Waals surface area contributed by atoms with Crippen LogP contribution in [-0.4, -0.2) is 23.2 Å². The molecule has 1 heterocycles. The number of benzene rings is 1. The number of fused-ring (bicyclic) bond motifs is 1. The van der Waals surface area contributed by atoms with Crippen molar-refractivity contribution in [1.82, 2.24) is 0 Å². The Morgan fingerprint density at radius 2 is 2.06 bits per heavy atom. The van der Waals surface area contributed by atoms with E-state index in [1.54, 1.807) is 12.1 Å². The highest BCUT2D eigenvalue weighted by molar-refractivity contribution is 7.98. The lowest BCUT2D eigenvalue weighted by Crippen LogP contribution is -2.55. The number of aliphatic hydroxyl groups is 1. The van der Waals surface area contributed by atoms with Gasteiger partial charge in [0.2, 0.25) is 0 Å². The normalized spacial score (nSPS) is 26.3. The first-order valence-corrected chi connectivity index (χ1v) is 6.13. The molecule has 1 aliphatic heterocycles. The third kappa shape index (κ3) is 1.63. The number of amides is 1. The van der Waals surface area contributed by atoms with Crippen molar-refractivity contribution >= 4 is 23.4 Å². The summed E-state index contributed by atoms with van der Waals surface area (Å²) in [7, 11) is 0. The first kappa shape index (κ1) is 12.3. The Balaban J connectivity index is 2.62. The summed E-state index contributed by atoms with van der Waals surface area (Å²) in [6.07, 6.45) is 1.83. The van der Waals surface area contributed by atoms with Gasteiger partial charge in [0, 0.05) is 16.1 Å². The van der Waals surface area contributed by atoms with Crippen LogP contribution in [0.2, 0.25) is 0 Å². The van der Waals surface area contributed by atoms with Crippen LogP contribution < -0.4 is 5.32 Å². The Kier molecular flexibility index (Phi) is 2.67. The third-order valence-electron chi connectivity index (χ3n) is 2.90. The van der Waals surface area contributed by atoms with Gasteiger partial charge in [-0.2, -0.15) is 8.78 Å². The average molecular weight is 259 g/mol. The van der Waals surface area contributed by atoms with E-state index in [0.29, 0.717) is 0 Å². The van der Waals surface area contributed by atoms with Crippen LogP contribution in [-0.2, 0) is 10.4 Å². The molecule has 1 unspecified atom stereocenters. The van der Waals surface area contributed by atoms with Gasteiger partial charge < -0.3 is 10.4 Å². The number of carbonyl (C=O) groups is 1. The van der Waals surface area contributed by atoms with Crippen molar-refractivity contribution in [2.45, 2.75) is 23.3 Å². The highest BCUT2D eigenvalue weighted by Gasteiger charge is 2.59. The molecule has 0 aromatic heterocycles. The molecular weight excluding hydrogens is 248 g/mol. The van der Waals surface area contributed by atoms with Crippen LogP contribution in [0.15, 0.2) is 23.1 Å². The van der Waals surface area contributed by atoms with E-state index >= 15 is 0 Å². The first-order valence-electron chi connectivity index (χ1n) is 4.91. The second-order valence-electron chi connectivity index (χ2n) is 4.01. The van der Waals surface area contributed by atoms with Gasteiger partial charge in [0.1, 0.15) is 0 Å². The molecule has 92 valence electrons. The van der Waals surface area contributed by atoms with Gasteiger partial charge in [-0.15, -0.1) is 11.8 Å². The van der Waals surface area contributed by atoms with Crippen LogP contribution in [0.25, 0.3) is 0 Å². The van der Waals surface area contributed by atoms with Gasteiger partial charge in [0.15, 0.2) is 5.60 Å². The Morgan fingerprint density at radius 3 is 2.65 bits per heavy atom. The first-order chi connectivity index (χ1) is 7.80. The van der Waals surface area contributed by atoms with Gasteiger partial charge in [-0.1, -0.05) is 6.07 Å². The number of halogens is 2. The Labute approximate surface area is 101 Å². The van der Waals surface area contributed by atoms with Crippen molar-refractivity contribution in [2.24, 2.45) is 0 Å². The molecule has 1 aromatic carbocycles. The molecule has 17 heavy (non-hydrogen) atoms. The van der Waals surface area contributed by atoms with Crippen molar-refractivity contribution in [3.05, 3.63) is 23.8 Å². The number of hydrogen-bond acceptors (Lipinski definition) is 3. The molecule has 0 fully saturated rings. The van der Waals surface area contributed by atoms with Gasteiger partial charge in [-0.3, -0.25) is 4.79 Å². The lowest BCUT2D eigenvalue weighted by Gasteiger charge is -2.37. The van der Waals surface area contributed by atoms with Crippen molar-refractivity contribution in [3.8, 4) is 0 Å². The largest absolute Gasteiger partial charge is 0.378 e. The molecule has 0 spiro atoms. The van der Waals surface area contributed by atoms with Crippen LogP contribution in [0.4, 0.5) is 14.5 Å². The van der Waals surface area contributed by atoms with Crippen LogP contribution in [0.5, 0.6) is 0 Å². The van der Waals surface area contributed by atoms with E-state index in [4.69, 9.17) is 0 Å². The number of carbonyl (C=O) groups excluding carboxylic acids is 1. The minimum absolute atomic E-state index is 0.0277. The molecule has 0 radical (unpaired) electrons. The maximum Gasteiger partial charge on any atom is 0.356 e. The zero-order valence-electron chi connectivity index (χ0n) is 9.25. The number of hydrogen-bond donors (Lipinski definition) is 2. The number of anilines is 1. The van der Waals surface area contributed by atoms with E-state index in [1.807, 2.05) is 6.26 Å². The van der Waals surface area contributed by atoms with Crippen molar-refractivity contribution in [3.63, 3.8) is 0 Å². The van der Waals surface area contributed by atoms with E-state index in [2.05, 4.69) is 5.32 Å². The van der Waals surface area contributed by atoms with Gasteiger partial charge in [0.05, 0.1) is 0 Å². The monoisotopic (exact) mass is 259 g/mol. The fraction of sp³-hybridized carbons (Fsp3) is 0.364. The van der Waals surface area contributed by atoms with Gasteiger partial charge in [0.25, 0.3) is 5.91 Å². The van der Waals surface area contributed by atoms with Crippen LogP contribution >= 0.6 is 11.8 Å². The highest BCUT2D eigenvalue weighted by Crippen LogP contribution is 2.45. The number of rotatable bonds is 1. The number of nitrogens with one attached hydrogen (secondary N) is 1. The molecule has 1 amide bonds. The molecule has 0 saturated carbocycles. The summed E-state index contributed by atoms with van der Waals surface area (Å²) in [6, 6.07) is 4.61. The Morgan fingerprint density at radius 1 is 1.41 bits per heavy atom. The molecule has 1 atom stereocenters. The molecular formula is C11H11F2NO2S. The molecule has 6 heteroatoms. The van der Waals surface area contributed by atoms with E-state index in [1.165, 1.54) is 17.8 Å². The fourth-order valence-corrected chi connectivity index (χ4v) is 2.21. The van der Waals surface area contributed by atoms with Gasteiger partial charge in [-0.25, -0.2) is 0 Å². The topological polar surface area (TPSA) is 49.3 Å². The molecule has 0 saturated heterocycles. The van der Waals surface area contributed by atoms with E-state index < -0.39 is 17.4 Å². The number of alkyl halides is 2. The summed E-state index contributed by atoms with van der Waals surface area (Å²) >= 11 is 1.42. The van der Waals surface area contributed by atoms with Crippen molar-refractivity contribution in [1.29, 1.82) is 0 Å². The molecule has 0 bridgehead atoms. The average Bonchev–Trinajstić information content (AvgIpc) is 2.26. The molecule has 3 nitrogen and oxygen atoms in total. The molecule has 2 rings (SSSR count). The second kappa shape index (κ2) is 3.68. The van der Waals surface area contributed by atoms with Crippen molar-refractivity contribution in [2.75, 3.05) is 11.6 Å². The molecule has 0 aliphatic carbocycles. The maximum atomic E-state index is 13.6. The van der Waals surface area contributed by atoms with E-state index in [-0.39, 0.29) is 11.3 Å². The maximum absolute atomic E-state index is 13.6. The standard InChI is InChI=1S/C11H11F2NO2S/c1-10(16)7-4-3-6(17-2)5-8(7)14-9(15)11(10,12)13/h3-5,16H,1-2H3,(H,14,15). The van der Waals surface area contributed by atoms with Gasteiger partial charge in [-0.05, 0) is 25.3 Å². The Hall–Kier alpha value is -1.14.